The van der Waals surface area contributed by atoms with E-state index >= 15 is 0 Å². The van der Waals surface area contributed by atoms with E-state index in [0.29, 0.717) is 27.4 Å². The standard InChI is InChI=1S/C22H18ClN5O3S/c1-14(29)24-16-5-4-6-17(13-16)25-21-22(27-20-8-3-2-7-19(20)26-21)28-32(30,31)18-11-9-15(23)10-12-18/h2-13H,1H3,(H,24,29)(H,25,26)(H,27,28). The van der Waals surface area contributed by atoms with E-state index in [1.54, 1.807) is 42.5 Å². The van der Waals surface area contributed by atoms with Crippen molar-refractivity contribution in [3.8, 4) is 0 Å². The van der Waals surface area contributed by atoms with Crippen LogP contribution in [0.15, 0.2) is 77.7 Å². The Bertz CT molecular complexity index is 1410. The second kappa shape index (κ2) is 8.81. The van der Waals surface area contributed by atoms with Gasteiger partial charge < -0.3 is 10.6 Å². The average molecular weight is 468 g/mol. The molecular formula is C22H18ClN5O3S. The normalized spacial score (nSPS) is 11.2. The molecule has 1 amide bonds. The van der Waals surface area contributed by atoms with Crippen LogP contribution >= 0.6 is 11.6 Å². The summed E-state index contributed by atoms with van der Waals surface area (Å²) in [5, 5.41) is 6.22. The number of hydrogen-bond acceptors (Lipinski definition) is 6. The highest BCUT2D eigenvalue weighted by Gasteiger charge is 2.19. The topological polar surface area (TPSA) is 113 Å². The van der Waals surface area contributed by atoms with Gasteiger partial charge in [-0.2, -0.15) is 0 Å². The van der Waals surface area contributed by atoms with E-state index in [2.05, 4.69) is 25.3 Å². The molecule has 0 bridgehead atoms. The second-order valence-electron chi connectivity index (χ2n) is 6.86. The fourth-order valence-corrected chi connectivity index (χ4v) is 4.11. The number of aromatic nitrogens is 2. The highest BCUT2D eigenvalue weighted by molar-refractivity contribution is 7.92. The van der Waals surface area contributed by atoms with Gasteiger partial charge in [-0.1, -0.05) is 29.8 Å². The van der Waals surface area contributed by atoms with Crippen LogP contribution in [0.3, 0.4) is 0 Å². The van der Waals surface area contributed by atoms with Gasteiger partial charge in [0.25, 0.3) is 10.0 Å². The van der Waals surface area contributed by atoms with Gasteiger partial charge in [0.1, 0.15) is 0 Å². The van der Waals surface area contributed by atoms with Crippen molar-refractivity contribution in [1.82, 2.24) is 9.97 Å². The Morgan fingerprint density at radius 3 is 2.12 bits per heavy atom. The Morgan fingerprint density at radius 2 is 1.47 bits per heavy atom. The van der Waals surface area contributed by atoms with Gasteiger partial charge in [-0.15, -0.1) is 0 Å². The molecule has 0 aliphatic heterocycles. The third kappa shape index (κ3) is 4.96. The molecule has 0 aliphatic carbocycles. The van der Waals surface area contributed by atoms with Crippen LogP contribution in [0.2, 0.25) is 5.02 Å². The number of carbonyl (C=O) groups excluding carboxylic acids is 1. The smallest absolute Gasteiger partial charge is 0.263 e. The zero-order valence-corrected chi connectivity index (χ0v) is 18.4. The summed E-state index contributed by atoms with van der Waals surface area (Å²) in [6.45, 7) is 1.42. The number of sulfonamides is 1. The average Bonchev–Trinajstić information content (AvgIpc) is 2.74. The minimum absolute atomic E-state index is 0.0311. The lowest BCUT2D eigenvalue weighted by molar-refractivity contribution is -0.114. The van der Waals surface area contributed by atoms with E-state index in [1.165, 1.54) is 31.2 Å². The number of nitrogens with one attached hydrogen (secondary N) is 3. The molecule has 4 rings (SSSR count). The Kier molecular flexibility index (Phi) is 5.93. The second-order valence-corrected chi connectivity index (χ2v) is 8.97. The summed E-state index contributed by atoms with van der Waals surface area (Å²) in [6.07, 6.45) is 0. The maximum absolute atomic E-state index is 12.9. The molecule has 32 heavy (non-hydrogen) atoms. The number of rotatable bonds is 6. The molecule has 0 saturated heterocycles. The van der Waals surface area contributed by atoms with Crippen molar-refractivity contribution in [1.29, 1.82) is 0 Å². The fraction of sp³-hybridized carbons (Fsp3) is 0.0455. The highest BCUT2D eigenvalue weighted by Crippen LogP contribution is 2.28. The minimum Gasteiger partial charge on any atom is -0.337 e. The molecular weight excluding hydrogens is 450 g/mol. The molecule has 1 heterocycles. The van der Waals surface area contributed by atoms with Gasteiger partial charge in [-0.3, -0.25) is 9.52 Å². The fourth-order valence-electron chi connectivity index (χ4n) is 2.97. The first kappa shape index (κ1) is 21.5. The highest BCUT2D eigenvalue weighted by atomic mass is 35.5. The molecule has 0 aliphatic rings. The van der Waals surface area contributed by atoms with Gasteiger partial charge >= 0.3 is 0 Å². The van der Waals surface area contributed by atoms with Gasteiger partial charge in [0.15, 0.2) is 11.6 Å². The summed E-state index contributed by atoms with van der Waals surface area (Å²) in [6, 6.07) is 19.9. The molecule has 0 radical (unpaired) electrons. The van der Waals surface area contributed by atoms with Crippen LogP contribution in [0, 0.1) is 0 Å². The predicted octanol–water partition coefficient (Wildman–Crippen LogP) is 4.79. The zero-order chi connectivity index (χ0) is 22.7. The van der Waals surface area contributed by atoms with Gasteiger partial charge in [-0.25, -0.2) is 18.4 Å². The summed E-state index contributed by atoms with van der Waals surface area (Å²) in [5.41, 5.74) is 2.29. The van der Waals surface area contributed by atoms with Crippen LogP contribution in [0.4, 0.5) is 23.0 Å². The quantitative estimate of drug-likeness (QED) is 0.376. The summed E-state index contributed by atoms with van der Waals surface area (Å²) in [7, 11) is -3.95. The lowest BCUT2D eigenvalue weighted by Gasteiger charge is -2.14. The Labute approximate surface area is 189 Å². The largest absolute Gasteiger partial charge is 0.337 e. The maximum atomic E-state index is 12.9. The summed E-state index contributed by atoms with van der Waals surface area (Å²) < 4.78 is 28.4. The Hall–Kier alpha value is -3.69. The summed E-state index contributed by atoms with van der Waals surface area (Å²) in [5.74, 6) is 0.0360. The van der Waals surface area contributed by atoms with Crippen molar-refractivity contribution in [3.63, 3.8) is 0 Å². The van der Waals surface area contributed by atoms with E-state index in [0.717, 1.165) is 0 Å². The van der Waals surface area contributed by atoms with Crippen LogP contribution in [0.5, 0.6) is 0 Å². The lowest BCUT2D eigenvalue weighted by atomic mass is 10.2. The van der Waals surface area contributed by atoms with Crippen LogP contribution in [0.25, 0.3) is 11.0 Å². The number of nitrogens with zero attached hydrogens (tertiary/aromatic N) is 2. The third-order valence-corrected chi connectivity index (χ3v) is 5.98. The van der Waals surface area contributed by atoms with Crippen LogP contribution in [0.1, 0.15) is 6.92 Å². The number of carbonyl (C=O) groups is 1. The lowest BCUT2D eigenvalue weighted by Crippen LogP contribution is -2.16. The van der Waals surface area contributed by atoms with Crippen molar-refractivity contribution >= 4 is 61.6 Å². The molecule has 0 fully saturated rings. The van der Waals surface area contributed by atoms with E-state index in [4.69, 9.17) is 11.6 Å². The van der Waals surface area contributed by atoms with Crippen molar-refractivity contribution in [3.05, 3.63) is 77.8 Å². The molecule has 0 saturated carbocycles. The Morgan fingerprint density at radius 1 is 0.844 bits per heavy atom. The molecule has 8 nitrogen and oxygen atoms in total. The number of para-hydroxylation sites is 2. The van der Waals surface area contributed by atoms with Crippen LogP contribution in [-0.4, -0.2) is 24.3 Å². The first-order chi connectivity index (χ1) is 15.3. The molecule has 3 aromatic carbocycles. The van der Waals surface area contributed by atoms with E-state index in [-0.39, 0.29) is 22.4 Å². The maximum Gasteiger partial charge on any atom is 0.263 e. The number of anilines is 4. The van der Waals surface area contributed by atoms with E-state index in [1.807, 2.05) is 6.07 Å². The summed E-state index contributed by atoms with van der Waals surface area (Å²) >= 11 is 5.87. The molecule has 10 heteroatoms. The molecule has 0 unspecified atom stereocenters. The van der Waals surface area contributed by atoms with Gasteiger partial charge in [-0.05, 0) is 54.6 Å². The Balaban J connectivity index is 1.74. The van der Waals surface area contributed by atoms with E-state index < -0.39 is 10.0 Å². The summed E-state index contributed by atoms with van der Waals surface area (Å²) in [4.78, 5) is 20.4. The number of fused-ring (bicyclic) bond motifs is 1. The van der Waals surface area contributed by atoms with Gasteiger partial charge in [0.2, 0.25) is 5.91 Å². The molecule has 0 spiro atoms. The minimum atomic E-state index is -3.95. The molecule has 0 atom stereocenters. The van der Waals surface area contributed by atoms with Gasteiger partial charge in [0, 0.05) is 23.3 Å². The van der Waals surface area contributed by atoms with Gasteiger partial charge in [0.05, 0.1) is 15.9 Å². The van der Waals surface area contributed by atoms with Crippen molar-refractivity contribution in [2.45, 2.75) is 11.8 Å². The predicted molar refractivity (Wildman–Crippen MR) is 126 cm³/mol. The monoisotopic (exact) mass is 467 g/mol. The number of halogens is 1. The first-order valence-corrected chi connectivity index (χ1v) is 11.4. The molecule has 4 aromatic rings. The SMILES string of the molecule is CC(=O)Nc1cccc(Nc2nc3ccccc3nc2NS(=O)(=O)c2ccc(Cl)cc2)c1. The molecule has 1 aromatic heterocycles. The zero-order valence-electron chi connectivity index (χ0n) is 16.8. The van der Waals surface area contributed by atoms with E-state index in [9.17, 15) is 13.2 Å². The molecule has 162 valence electrons. The number of benzene rings is 3. The number of amides is 1. The third-order valence-electron chi connectivity index (χ3n) is 4.37. The van der Waals surface area contributed by atoms with Crippen molar-refractivity contribution in [2.75, 3.05) is 15.4 Å². The number of hydrogen-bond donors (Lipinski definition) is 3. The van der Waals surface area contributed by atoms with Crippen LogP contribution in [-0.2, 0) is 14.8 Å². The van der Waals surface area contributed by atoms with Crippen LogP contribution < -0.4 is 15.4 Å². The van der Waals surface area contributed by atoms with Crippen molar-refractivity contribution in [2.24, 2.45) is 0 Å². The first-order valence-electron chi connectivity index (χ1n) is 9.50. The molecule has 3 N–H and O–H groups in total. The van der Waals surface area contributed by atoms with Crippen molar-refractivity contribution < 1.29 is 13.2 Å².